The smallest absolute Gasteiger partial charge is 0.408 e. The van der Waals surface area contributed by atoms with Crippen molar-refractivity contribution in [3.8, 4) is 0 Å². The van der Waals surface area contributed by atoms with Gasteiger partial charge in [0.2, 0.25) is 0 Å². The fourth-order valence-corrected chi connectivity index (χ4v) is 3.60. The van der Waals surface area contributed by atoms with E-state index in [4.69, 9.17) is 28.4 Å². The molecule has 48 heavy (non-hydrogen) atoms. The molecule has 1 aromatic carbocycles. The van der Waals surface area contributed by atoms with E-state index in [-0.39, 0.29) is 11.1 Å². The molecule has 2 atom stereocenters. The minimum absolute atomic E-state index is 0.130. The van der Waals surface area contributed by atoms with E-state index in [9.17, 15) is 28.8 Å². The Hall–Kier alpha value is -5.40. The van der Waals surface area contributed by atoms with Gasteiger partial charge in [-0.15, -0.1) is 0 Å². The van der Waals surface area contributed by atoms with Crippen LogP contribution in [-0.2, 0) is 58.7 Å². The molecule has 0 aliphatic heterocycles. The van der Waals surface area contributed by atoms with E-state index in [2.05, 4.69) is 36.9 Å². The lowest BCUT2D eigenvalue weighted by Crippen LogP contribution is -2.45. The summed E-state index contributed by atoms with van der Waals surface area (Å²) in [5, 5.41) is 5.46. The van der Waals surface area contributed by atoms with Gasteiger partial charge in [-0.2, -0.15) is 0 Å². The summed E-state index contributed by atoms with van der Waals surface area (Å²) in [6.45, 7) is 21.7. The van der Waals surface area contributed by atoms with Crippen LogP contribution in [0.15, 0.2) is 73.9 Å². The number of hydrogen-bond acceptors (Lipinski definition) is 12. The Labute approximate surface area is 280 Å². The van der Waals surface area contributed by atoms with Gasteiger partial charge in [-0.05, 0) is 52.7 Å². The number of carbonyl (C=O) groups excluding carboxylic acids is 6. The maximum absolute atomic E-state index is 12.9. The van der Waals surface area contributed by atoms with Crippen LogP contribution in [0.1, 0.15) is 52.7 Å². The lowest BCUT2D eigenvalue weighted by molar-refractivity contribution is -0.148. The van der Waals surface area contributed by atoms with Crippen molar-refractivity contribution >= 4 is 36.1 Å². The van der Waals surface area contributed by atoms with Crippen molar-refractivity contribution in [1.29, 1.82) is 0 Å². The van der Waals surface area contributed by atoms with Crippen LogP contribution in [0, 0.1) is 0 Å². The molecule has 262 valence electrons. The number of nitrogens with one attached hydrogen (secondary N) is 2. The van der Waals surface area contributed by atoms with Crippen LogP contribution in [0.2, 0.25) is 0 Å². The van der Waals surface area contributed by atoms with Gasteiger partial charge in [0.05, 0.1) is 11.1 Å². The minimum atomic E-state index is -1.14. The van der Waals surface area contributed by atoms with E-state index < -0.39 is 85.8 Å². The first-order valence-electron chi connectivity index (χ1n) is 14.6. The maximum Gasteiger partial charge on any atom is 0.408 e. The molecule has 0 aromatic heterocycles. The predicted molar refractivity (Wildman–Crippen MR) is 173 cm³/mol. The summed E-state index contributed by atoms with van der Waals surface area (Å²) in [6, 6.07) is 6.96. The summed E-state index contributed by atoms with van der Waals surface area (Å²) in [5.74, 6) is -2.95. The maximum atomic E-state index is 12.9. The van der Waals surface area contributed by atoms with Crippen molar-refractivity contribution in [1.82, 2.24) is 10.6 Å². The summed E-state index contributed by atoms with van der Waals surface area (Å²) in [6.07, 6.45) is -2.20. The summed E-state index contributed by atoms with van der Waals surface area (Å²) < 4.78 is 30.8. The molecule has 14 nitrogen and oxygen atoms in total. The molecule has 2 N–H and O–H groups in total. The molecule has 1 aromatic rings. The van der Waals surface area contributed by atoms with E-state index in [1.54, 1.807) is 52.0 Å². The number of hydrogen-bond donors (Lipinski definition) is 2. The third-order valence-corrected chi connectivity index (χ3v) is 6.34. The zero-order chi connectivity index (χ0) is 36.7. The van der Waals surface area contributed by atoms with Gasteiger partial charge in [0.25, 0.3) is 0 Å². The quantitative estimate of drug-likeness (QED) is 0.130. The summed E-state index contributed by atoms with van der Waals surface area (Å²) in [4.78, 5) is 72.6. The molecule has 0 radical (unpaired) electrons. The highest BCUT2D eigenvalue weighted by molar-refractivity contribution is 5.87. The highest BCUT2D eigenvalue weighted by Crippen LogP contribution is 2.27. The van der Waals surface area contributed by atoms with Crippen LogP contribution in [0.4, 0.5) is 9.59 Å². The first-order valence-corrected chi connectivity index (χ1v) is 14.6. The van der Waals surface area contributed by atoms with Gasteiger partial charge in [-0.1, -0.05) is 50.6 Å². The van der Waals surface area contributed by atoms with E-state index in [0.29, 0.717) is 11.1 Å². The monoisotopic (exact) mass is 672 g/mol. The van der Waals surface area contributed by atoms with E-state index in [0.717, 1.165) is 12.2 Å². The Morgan fingerprint density at radius 3 is 1.31 bits per heavy atom. The number of esters is 4. The van der Waals surface area contributed by atoms with Crippen molar-refractivity contribution < 1.29 is 57.2 Å². The summed E-state index contributed by atoms with van der Waals surface area (Å²) in [5.41, 5.74) is -0.577. The molecular weight excluding hydrogens is 628 g/mol. The molecule has 0 aliphatic carbocycles. The van der Waals surface area contributed by atoms with Gasteiger partial charge in [-0.25, -0.2) is 28.8 Å². The first-order chi connectivity index (χ1) is 22.3. The SMILES string of the molecule is C=CC(=O)OCC(COC(=O)C(=C)C)OC(=O)NC(C)(C)c1cccc(C(C)(C)NC(=O)OC(COC(=O)C=C)COC(=O)C(=C)C)c1. The van der Waals surface area contributed by atoms with Crippen LogP contribution < -0.4 is 10.6 Å². The molecule has 1 rings (SSSR count). The molecule has 0 fully saturated rings. The third-order valence-electron chi connectivity index (χ3n) is 6.34. The molecule has 0 heterocycles. The molecule has 0 spiro atoms. The second-order valence-electron chi connectivity index (χ2n) is 11.6. The number of carbonyl (C=O) groups is 6. The number of rotatable bonds is 18. The Bertz CT molecular complexity index is 1310. The minimum Gasteiger partial charge on any atom is -0.458 e. The Balaban J connectivity index is 3.04. The van der Waals surface area contributed by atoms with Gasteiger partial charge in [-0.3, -0.25) is 0 Å². The van der Waals surface area contributed by atoms with Crippen molar-refractivity contribution in [2.45, 2.75) is 64.8 Å². The number of ether oxygens (including phenoxy) is 6. The Morgan fingerprint density at radius 2 is 1.00 bits per heavy atom. The standard InChI is InChI=1S/C34H44N2O12/c1-11-27(37)43-17-25(19-45-29(39)21(3)4)47-31(41)35-33(7,8)23-14-13-15-24(16-23)34(9,10)36-32(42)48-26(18-44-28(38)12-2)20-46-30(40)22(5)6/h11-16,25-26H,1-3,5,17-20H2,4,6-10H3,(H,35,41)(H,36,42). The van der Waals surface area contributed by atoms with Crippen LogP contribution in [0.25, 0.3) is 0 Å². The van der Waals surface area contributed by atoms with Gasteiger partial charge >= 0.3 is 36.1 Å². The van der Waals surface area contributed by atoms with Gasteiger partial charge < -0.3 is 39.1 Å². The fourth-order valence-electron chi connectivity index (χ4n) is 3.60. The van der Waals surface area contributed by atoms with Crippen molar-refractivity contribution in [3.05, 3.63) is 85.0 Å². The molecule has 2 amide bonds. The zero-order valence-electron chi connectivity index (χ0n) is 28.2. The van der Waals surface area contributed by atoms with E-state index in [1.807, 2.05) is 0 Å². The molecule has 2 unspecified atom stereocenters. The van der Waals surface area contributed by atoms with Gasteiger partial charge in [0, 0.05) is 23.3 Å². The summed E-state index contributed by atoms with van der Waals surface area (Å²) >= 11 is 0. The Morgan fingerprint density at radius 1 is 0.667 bits per heavy atom. The first kappa shape index (κ1) is 40.6. The second-order valence-corrected chi connectivity index (χ2v) is 11.6. The van der Waals surface area contributed by atoms with Gasteiger partial charge in [0.15, 0.2) is 12.2 Å². The van der Waals surface area contributed by atoms with Gasteiger partial charge in [0.1, 0.15) is 26.4 Å². The molecule has 0 saturated heterocycles. The van der Waals surface area contributed by atoms with Crippen molar-refractivity contribution in [2.75, 3.05) is 26.4 Å². The highest BCUT2D eigenvalue weighted by Gasteiger charge is 2.30. The lowest BCUT2D eigenvalue weighted by Gasteiger charge is -2.31. The van der Waals surface area contributed by atoms with Crippen LogP contribution in [0.5, 0.6) is 0 Å². The fraction of sp³-hybridized carbons (Fsp3) is 0.412. The molecule has 0 saturated carbocycles. The molecule has 0 bridgehead atoms. The molecule has 0 aliphatic rings. The largest absolute Gasteiger partial charge is 0.458 e. The van der Waals surface area contributed by atoms with E-state index >= 15 is 0 Å². The average Bonchev–Trinajstić information content (AvgIpc) is 3.02. The normalized spacial score (nSPS) is 12.1. The number of amides is 2. The number of alkyl carbamates (subject to hydrolysis) is 2. The van der Waals surface area contributed by atoms with Crippen molar-refractivity contribution in [3.63, 3.8) is 0 Å². The topological polar surface area (TPSA) is 182 Å². The average molecular weight is 673 g/mol. The number of benzene rings is 1. The van der Waals surface area contributed by atoms with Crippen LogP contribution in [-0.4, -0.2) is 74.7 Å². The van der Waals surface area contributed by atoms with Crippen molar-refractivity contribution in [2.24, 2.45) is 0 Å². The second kappa shape index (κ2) is 18.7. The molecule has 14 heteroatoms. The summed E-state index contributed by atoms with van der Waals surface area (Å²) in [7, 11) is 0. The van der Waals surface area contributed by atoms with Crippen LogP contribution >= 0.6 is 0 Å². The van der Waals surface area contributed by atoms with E-state index in [1.165, 1.54) is 13.8 Å². The zero-order valence-corrected chi connectivity index (χ0v) is 28.2. The van der Waals surface area contributed by atoms with Crippen LogP contribution in [0.3, 0.4) is 0 Å². The highest BCUT2D eigenvalue weighted by atomic mass is 16.6. The third kappa shape index (κ3) is 14.4. The predicted octanol–water partition coefficient (Wildman–Crippen LogP) is 4.04. The Kier molecular flexibility index (Phi) is 15.8. The molecular formula is C34H44N2O12. The lowest BCUT2D eigenvalue weighted by atomic mass is 9.87.